The van der Waals surface area contributed by atoms with Crippen LogP contribution < -0.4 is 20.1 Å². The van der Waals surface area contributed by atoms with Gasteiger partial charge < -0.3 is 15.4 Å². The standard InChI is InChI=1S/C23H24Cl2N6OS/c1-23(30-33-2)12-31(13-23)21-6-3-14(8-29-21)22(27)16-7-15(4-5-20(16)26)32-11-17-18(24)9-28-10-19(17)25/h3-10,27,30H,11-13,26H2,1-2H3. The van der Waals surface area contributed by atoms with Crippen molar-refractivity contribution in [3.8, 4) is 5.75 Å². The second kappa shape index (κ2) is 9.77. The number of benzene rings is 1. The van der Waals surface area contributed by atoms with E-state index in [0.717, 1.165) is 18.9 Å². The first-order valence-electron chi connectivity index (χ1n) is 10.2. The van der Waals surface area contributed by atoms with Gasteiger partial charge in [-0.05, 0) is 43.5 Å². The fraction of sp³-hybridized carbons (Fsp3) is 0.261. The molecule has 0 atom stereocenters. The van der Waals surface area contributed by atoms with E-state index in [1.165, 1.54) is 12.4 Å². The summed E-state index contributed by atoms with van der Waals surface area (Å²) in [6, 6.07) is 9.04. The quantitative estimate of drug-likeness (QED) is 0.231. The minimum atomic E-state index is 0.0894. The van der Waals surface area contributed by atoms with E-state index in [2.05, 4.69) is 26.5 Å². The van der Waals surface area contributed by atoms with Gasteiger partial charge in [0.2, 0.25) is 0 Å². The highest BCUT2D eigenvalue weighted by molar-refractivity contribution is 7.96. The van der Waals surface area contributed by atoms with Crippen LogP contribution in [0, 0.1) is 5.41 Å². The molecular weight excluding hydrogens is 479 g/mol. The van der Waals surface area contributed by atoms with Gasteiger partial charge in [-0.15, -0.1) is 0 Å². The van der Waals surface area contributed by atoms with Crippen molar-refractivity contribution in [2.45, 2.75) is 19.1 Å². The van der Waals surface area contributed by atoms with Crippen LogP contribution in [0.2, 0.25) is 10.0 Å². The maximum Gasteiger partial charge on any atom is 0.128 e. The van der Waals surface area contributed by atoms with Crippen molar-refractivity contribution < 1.29 is 4.74 Å². The number of nitrogen functional groups attached to an aromatic ring is 1. The van der Waals surface area contributed by atoms with Crippen LogP contribution in [0.4, 0.5) is 11.5 Å². The number of rotatable bonds is 8. The molecule has 1 fully saturated rings. The first kappa shape index (κ1) is 23.6. The van der Waals surface area contributed by atoms with Crippen molar-refractivity contribution in [2.75, 3.05) is 30.0 Å². The fourth-order valence-electron chi connectivity index (χ4n) is 3.72. The van der Waals surface area contributed by atoms with Crippen molar-refractivity contribution in [1.29, 1.82) is 5.41 Å². The van der Waals surface area contributed by atoms with E-state index in [1.54, 1.807) is 36.3 Å². The fourth-order valence-corrected chi connectivity index (χ4v) is 4.81. The summed E-state index contributed by atoms with van der Waals surface area (Å²) in [7, 11) is 0. The van der Waals surface area contributed by atoms with Gasteiger partial charge in [0.15, 0.2) is 0 Å². The van der Waals surface area contributed by atoms with Crippen molar-refractivity contribution >= 4 is 52.4 Å². The molecule has 0 spiro atoms. The van der Waals surface area contributed by atoms with Crippen LogP contribution in [0.25, 0.3) is 0 Å². The minimum absolute atomic E-state index is 0.0894. The smallest absolute Gasteiger partial charge is 0.128 e. The predicted molar refractivity (Wildman–Crippen MR) is 137 cm³/mol. The number of nitrogens with zero attached hydrogens (tertiary/aromatic N) is 3. The van der Waals surface area contributed by atoms with E-state index in [9.17, 15) is 0 Å². The van der Waals surface area contributed by atoms with Crippen LogP contribution in [0.15, 0.2) is 48.9 Å². The van der Waals surface area contributed by atoms with Crippen LogP contribution in [-0.4, -0.2) is 40.6 Å². The molecule has 3 aromatic rings. The third-order valence-corrected chi connectivity index (χ3v) is 6.77. The Kier molecular flexibility index (Phi) is 6.99. The predicted octanol–water partition coefficient (Wildman–Crippen LogP) is 4.81. The Bertz CT molecular complexity index is 1150. The largest absolute Gasteiger partial charge is 0.489 e. The summed E-state index contributed by atoms with van der Waals surface area (Å²) in [5.41, 5.74) is 8.90. The van der Waals surface area contributed by atoms with E-state index < -0.39 is 0 Å². The molecule has 0 saturated carbocycles. The van der Waals surface area contributed by atoms with Gasteiger partial charge in [-0.2, -0.15) is 0 Å². The lowest BCUT2D eigenvalue weighted by atomic mass is 9.93. The van der Waals surface area contributed by atoms with Crippen molar-refractivity contribution in [3.63, 3.8) is 0 Å². The molecule has 0 radical (unpaired) electrons. The minimum Gasteiger partial charge on any atom is -0.489 e. The monoisotopic (exact) mass is 502 g/mol. The van der Waals surface area contributed by atoms with E-state index in [1.807, 2.05) is 18.4 Å². The molecule has 0 bridgehead atoms. The zero-order valence-corrected chi connectivity index (χ0v) is 20.6. The van der Waals surface area contributed by atoms with Crippen molar-refractivity contribution in [1.82, 2.24) is 14.7 Å². The highest BCUT2D eigenvalue weighted by Crippen LogP contribution is 2.29. The summed E-state index contributed by atoms with van der Waals surface area (Å²) < 4.78 is 9.29. The Morgan fingerprint density at radius 2 is 1.94 bits per heavy atom. The molecular formula is C23H24Cl2N6OS. The Hall–Kier alpha value is -2.52. The lowest BCUT2D eigenvalue weighted by molar-refractivity contribution is 0.306. The number of pyridine rings is 2. The Labute approximate surface area is 207 Å². The molecule has 10 heteroatoms. The Morgan fingerprint density at radius 1 is 1.21 bits per heavy atom. The molecule has 3 heterocycles. The number of halogens is 2. The molecule has 2 aromatic heterocycles. The molecule has 7 nitrogen and oxygen atoms in total. The second-order valence-corrected chi connectivity index (χ2v) is 9.55. The van der Waals surface area contributed by atoms with Crippen LogP contribution in [-0.2, 0) is 6.61 Å². The summed E-state index contributed by atoms with van der Waals surface area (Å²) in [5.74, 6) is 1.45. The van der Waals surface area contributed by atoms with Gasteiger partial charge >= 0.3 is 0 Å². The molecule has 172 valence electrons. The molecule has 1 saturated heterocycles. The average Bonchev–Trinajstić information content (AvgIpc) is 2.78. The maximum absolute atomic E-state index is 8.67. The molecule has 1 aromatic carbocycles. The molecule has 4 N–H and O–H groups in total. The topological polar surface area (TPSA) is 100 Å². The van der Waals surface area contributed by atoms with Crippen LogP contribution in [0.3, 0.4) is 0 Å². The summed E-state index contributed by atoms with van der Waals surface area (Å²) in [5, 5.41) is 9.54. The van der Waals surface area contributed by atoms with Crippen LogP contribution in [0.5, 0.6) is 5.75 Å². The molecule has 4 rings (SSSR count). The molecule has 0 aliphatic carbocycles. The van der Waals surface area contributed by atoms with Crippen molar-refractivity contribution in [2.24, 2.45) is 0 Å². The highest BCUT2D eigenvalue weighted by atomic mass is 35.5. The summed E-state index contributed by atoms with van der Waals surface area (Å²) in [6.07, 6.45) is 6.78. The summed E-state index contributed by atoms with van der Waals surface area (Å²) in [4.78, 5) is 10.7. The first-order chi connectivity index (χ1) is 15.8. The lowest BCUT2D eigenvalue weighted by Crippen LogP contribution is -2.66. The number of hydrogen-bond donors (Lipinski definition) is 3. The van der Waals surface area contributed by atoms with Gasteiger partial charge in [0.25, 0.3) is 0 Å². The van der Waals surface area contributed by atoms with E-state index in [4.69, 9.17) is 39.1 Å². The number of aromatic nitrogens is 2. The first-order valence-corrected chi connectivity index (χ1v) is 12.2. The second-order valence-electron chi connectivity index (χ2n) is 8.12. The maximum atomic E-state index is 8.67. The molecule has 0 amide bonds. The number of nitrogens with one attached hydrogen (secondary N) is 2. The summed E-state index contributed by atoms with van der Waals surface area (Å²) in [6.45, 7) is 4.14. The lowest BCUT2D eigenvalue weighted by Gasteiger charge is -2.48. The van der Waals surface area contributed by atoms with Gasteiger partial charge in [0.05, 0.1) is 21.3 Å². The number of anilines is 2. The van der Waals surface area contributed by atoms with Crippen LogP contribution in [0.1, 0.15) is 23.6 Å². The molecule has 33 heavy (non-hydrogen) atoms. The highest BCUT2D eigenvalue weighted by Gasteiger charge is 2.38. The van der Waals surface area contributed by atoms with Gasteiger partial charge in [-0.3, -0.25) is 15.1 Å². The third kappa shape index (κ3) is 5.19. The number of ether oxygens (including phenoxy) is 1. The average molecular weight is 503 g/mol. The Balaban J connectivity index is 1.46. The zero-order chi connectivity index (χ0) is 23.6. The molecule has 1 aliphatic rings. The Morgan fingerprint density at radius 3 is 2.58 bits per heavy atom. The van der Waals surface area contributed by atoms with E-state index in [0.29, 0.717) is 38.2 Å². The molecule has 0 unspecified atom stereocenters. The number of nitrogens with two attached hydrogens (primary N) is 1. The normalized spacial score (nSPS) is 14.6. The van der Waals surface area contributed by atoms with Gasteiger partial charge in [-0.25, -0.2) is 4.98 Å². The van der Waals surface area contributed by atoms with Gasteiger partial charge in [0.1, 0.15) is 18.2 Å². The zero-order valence-electron chi connectivity index (χ0n) is 18.2. The van der Waals surface area contributed by atoms with Crippen LogP contribution >= 0.6 is 35.1 Å². The molecule has 1 aliphatic heterocycles. The van der Waals surface area contributed by atoms with Gasteiger partial charge in [0, 0.05) is 54.1 Å². The third-order valence-electron chi connectivity index (χ3n) is 5.42. The SMILES string of the molecule is CSNC1(C)CN(c2ccc(C(=N)c3cc(OCc4c(Cl)cncc4Cl)ccc3N)cn2)C1. The van der Waals surface area contributed by atoms with Crippen molar-refractivity contribution in [3.05, 3.63) is 75.7 Å². The van der Waals surface area contributed by atoms with E-state index in [-0.39, 0.29) is 17.9 Å². The summed E-state index contributed by atoms with van der Waals surface area (Å²) >= 11 is 14.0. The van der Waals surface area contributed by atoms with Gasteiger partial charge in [-0.1, -0.05) is 35.1 Å². The number of hydrogen-bond acceptors (Lipinski definition) is 8. The van der Waals surface area contributed by atoms with E-state index >= 15 is 0 Å².